The van der Waals surface area contributed by atoms with Gasteiger partial charge in [-0.25, -0.2) is 0 Å². The first-order chi connectivity index (χ1) is 8.25. The van der Waals surface area contributed by atoms with Gasteiger partial charge in [0.2, 0.25) is 0 Å². The van der Waals surface area contributed by atoms with Crippen molar-refractivity contribution in [1.29, 1.82) is 0 Å². The second-order valence-corrected chi connectivity index (χ2v) is 4.88. The van der Waals surface area contributed by atoms with Crippen molar-refractivity contribution in [3.8, 4) is 5.75 Å². The maximum Gasteiger partial charge on any atom is 0.161 e. The van der Waals surface area contributed by atoms with Gasteiger partial charge in [-0.15, -0.1) is 0 Å². The summed E-state index contributed by atoms with van der Waals surface area (Å²) in [5.41, 5.74) is 1.70. The van der Waals surface area contributed by atoms with Gasteiger partial charge in [0, 0.05) is 19.2 Å². The van der Waals surface area contributed by atoms with Gasteiger partial charge in [-0.3, -0.25) is 0 Å². The topological polar surface area (TPSA) is 36.6 Å². The zero-order chi connectivity index (χ0) is 11.8. The van der Waals surface area contributed by atoms with Crippen LogP contribution in [-0.4, -0.2) is 18.2 Å². The Labute approximate surface area is 105 Å². The Balaban J connectivity index is 2.06. The molecular weight excluding hydrogens is 238 g/mol. The molecule has 17 heavy (non-hydrogen) atoms. The fraction of sp³-hybridized carbons (Fsp3) is 0.385. The summed E-state index contributed by atoms with van der Waals surface area (Å²) in [6, 6.07) is 3.70. The van der Waals surface area contributed by atoms with Gasteiger partial charge in [0.1, 0.15) is 11.8 Å². The minimum Gasteiger partial charge on any atom is -0.504 e. The Bertz CT molecular complexity index is 544. The number of halogens is 1. The summed E-state index contributed by atoms with van der Waals surface area (Å²) in [7, 11) is 0. The first-order valence-corrected chi connectivity index (χ1v) is 6.28. The van der Waals surface area contributed by atoms with E-state index in [-0.39, 0.29) is 5.75 Å². The van der Waals surface area contributed by atoms with Crippen LogP contribution in [0.4, 0.5) is 5.69 Å². The lowest BCUT2D eigenvalue weighted by Gasteiger charge is -2.29. The maximum atomic E-state index is 9.57. The van der Waals surface area contributed by atoms with E-state index in [1.807, 2.05) is 6.07 Å². The number of anilines is 1. The standard InChI is InChI=1S/C13H14ClNO2/c14-10-6-9-12(16)8-17-13(9)7-11(10)15-4-2-1-3-5-15/h6-8,16H,1-5H2. The van der Waals surface area contributed by atoms with Crippen LogP contribution in [0.15, 0.2) is 22.8 Å². The number of hydrogen-bond acceptors (Lipinski definition) is 3. The highest BCUT2D eigenvalue weighted by Gasteiger charge is 2.16. The molecule has 1 aliphatic heterocycles. The summed E-state index contributed by atoms with van der Waals surface area (Å²) in [5, 5.41) is 10.9. The molecule has 2 aromatic rings. The summed E-state index contributed by atoms with van der Waals surface area (Å²) < 4.78 is 5.30. The van der Waals surface area contributed by atoms with Crippen LogP contribution in [-0.2, 0) is 0 Å². The quantitative estimate of drug-likeness (QED) is 0.838. The van der Waals surface area contributed by atoms with E-state index in [2.05, 4.69) is 4.90 Å². The molecule has 4 heteroatoms. The van der Waals surface area contributed by atoms with E-state index in [4.69, 9.17) is 16.0 Å². The summed E-state index contributed by atoms with van der Waals surface area (Å²) in [6.07, 6.45) is 5.05. The Hall–Kier alpha value is -1.35. The van der Waals surface area contributed by atoms with Crippen LogP contribution in [0.1, 0.15) is 19.3 Å². The Morgan fingerprint density at radius 3 is 2.71 bits per heavy atom. The molecule has 3 nitrogen and oxygen atoms in total. The highest BCUT2D eigenvalue weighted by atomic mass is 35.5. The van der Waals surface area contributed by atoms with Crippen LogP contribution < -0.4 is 4.90 Å². The lowest BCUT2D eigenvalue weighted by Crippen LogP contribution is -2.29. The van der Waals surface area contributed by atoms with E-state index in [1.165, 1.54) is 25.5 Å². The van der Waals surface area contributed by atoms with Crippen LogP contribution in [0.2, 0.25) is 5.02 Å². The van der Waals surface area contributed by atoms with E-state index in [0.29, 0.717) is 16.0 Å². The molecule has 0 aliphatic carbocycles. The van der Waals surface area contributed by atoms with Crippen molar-refractivity contribution in [3.63, 3.8) is 0 Å². The lowest BCUT2D eigenvalue weighted by atomic mass is 10.1. The number of rotatable bonds is 1. The molecule has 1 fully saturated rings. The van der Waals surface area contributed by atoms with Gasteiger partial charge in [-0.05, 0) is 25.3 Å². The first-order valence-electron chi connectivity index (χ1n) is 5.90. The Morgan fingerprint density at radius 1 is 1.18 bits per heavy atom. The predicted molar refractivity (Wildman–Crippen MR) is 69.0 cm³/mol. The number of furan rings is 1. The molecule has 0 spiro atoms. The van der Waals surface area contributed by atoms with Crippen molar-refractivity contribution in [2.45, 2.75) is 19.3 Å². The van der Waals surface area contributed by atoms with E-state index in [9.17, 15) is 5.11 Å². The van der Waals surface area contributed by atoms with E-state index >= 15 is 0 Å². The van der Waals surface area contributed by atoms with Crippen molar-refractivity contribution in [1.82, 2.24) is 0 Å². The highest BCUT2D eigenvalue weighted by molar-refractivity contribution is 6.34. The molecule has 0 saturated carbocycles. The van der Waals surface area contributed by atoms with Crippen molar-refractivity contribution < 1.29 is 9.52 Å². The van der Waals surface area contributed by atoms with Crippen LogP contribution in [0.25, 0.3) is 11.0 Å². The number of nitrogens with zero attached hydrogens (tertiary/aromatic N) is 1. The van der Waals surface area contributed by atoms with Crippen molar-refractivity contribution >= 4 is 28.3 Å². The van der Waals surface area contributed by atoms with Gasteiger partial charge < -0.3 is 14.4 Å². The van der Waals surface area contributed by atoms with Gasteiger partial charge in [0.05, 0.1) is 16.1 Å². The highest BCUT2D eigenvalue weighted by Crippen LogP contribution is 2.36. The molecule has 0 radical (unpaired) electrons. The summed E-state index contributed by atoms with van der Waals surface area (Å²) in [6.45, 7) is 2.08. The Kier molecular flexibility index (Phi) is 2.63. The molecule has 1 aromatic heterocycles. The smallest absolute Gasteiger partial charge is 0.161 e. The number of piperidine rings is 1. The van der Waals surface area contributed by atoms with Gasteiger partial charge in [-0.2, -0.15) is 0 Å². The minimum absolute atomic E-state index is 0.145. The third-order valence-electron chi connectivity index (χ3n) is 3.32. The molecule has 0 amide bonds. The van der Waals surface area contributed by atoms with Crippen LogP contribution in [0.5, 0.6) is 5.75 Å². The summed E-state index contributed by atoms with van der Waals surface area (Å²) >= 11 is 6.27. The second kappa shape index (κ2) is 4.15. The molecule has 1 aromatic carbocycles. The molecule has 1 N–H and O–H groups in total. The fourth-order valence-corrected chi connectivity index (χ4v) is 2.68. The van der Waals surface area contributed by atoms with Crippen LogP contribution in [0, 0.1) is 0 Å². The molecule has 0 atom stereocenters. The molecule has 1 saturated heterocycles. The zero-order valence-corrected chi connectivity index (χ0v) is 10.2. The van der Waals surface area contributed by atoms with Gasteiger partial charge >= 0.3 is 0 Å². The predicted octanol–water partition coefficient (Wildman–Crippen LogP) is 3.78. The lowest BCUT2D eigenvalue weighted by molar-refractivity contribution is 0.464. The van der Waals surface area contributed by atoms with Crippen molar-refractivity contribution in [3.05, 3.63) is 23.4 Å². The zero-order valence-electron chi connectivity index (χ0n) is 9.45. The minimum atomic E-state index is 0.145. The van der Waals surface area contributed by atoms with Crippen molar-refractivity contribution in [2.24, 2.45) is 0 Å². The van der Waals surface area contributed by atoms with Crippen molar-refractivity contribution in [2.75, 3.05) is 18.0 Å². The third-order valence-corrected chi connectivity index (χ3v) is 3.62. The van der Waals surface area contributed by atoms with Gasteiger partial charge in [-0.1, -0.05) is 11.6 Å². The van der Waals surface area contributed by atoms with Gasteiger partial charge in [0.25, 0.3) is 0 Å². The van der Waals surface area contributed by atoms with Gasteiger partial charge in [0.15, 0.2) is 5.75 Å². The maximum absolute atomic E-state index is 9.57. The molecule has 0 unspecified atom stereocenters. The largest absolute Gasteiger partial charge is 0.504 e. The van der Waals surface area contributed by atoms with E-state index < -0.39 is 0 Å². The van der Waals surface area contributed by atoms with Crippen LogP contribution in [0.3, 0.4) is 0 Å². The number of aromatic hydroxyl groups is 1. The first kappa shape index (κ1) is 10.8. The molecule has 2 heterocycles. The number of benzene rings is 1. The Morgan fingerprint density at radius 2 is 1.94 bits per heavy atom. The SMILES string of the molecule is Oc1coc2cc(N3CCCCC3)c(Cl)cc12. The third kappa shape index (κ3) is 1.84. The summed E-state index contributed by atoms with van der Waals surface area (Å²) in [5.74, 6) is 0.145. The molecule has 3 rings (SSSR count). The molecule has 90 valence electrons. The van der Waals surface area contributed by atoms with E-state index in [1.54, 1.807) is 6.07 Å². The molecular formula is C13H14ClNO2. The number of fused-ring (bicyclic) bond motifs is 1. The van der Waals surface area contributed by atoms with E-state index in [0.717, 1.165) is 18.8 Å². The molecule has 0 bridgehead atoms. The number of hydrogen-bond donors (Lipinski definition) is 1. The average Bonchev–Trinajstić information content (AvgIpc) is 2.71. The summed E-state index contributed by atoms with van der Waals surface area (Å²) in [4.78, 5) is 2.28. The fourth-order valence-electron chi connectivity index (χ4n) is 2.40. The van der Waals surface area contributed by atoms with Crippen LogP contribution >= 0.6 is 11.6 Å². The second-order valence-electron chi connectivity index (χ2n) is 4.47. The normalized spacial score (nSPS) is 16.6. The average molecular weight is 252 g/mol. The monoisotopic (exact) mass is 251 g/mol. The molecule has 1 aliphatic rings.